The lowest BCUT2D eigenvalue weighted by Gasteiger charge is -2.19. The predicted octanol–water partition coefficient (Wildman–Crippen LogP) is 4.41. The van der Waals surface area contributed by atoms with Crippen molar-refractivity contribution < 1.29 is 9.84 Å². The van der Waals surface area contributed by atoms with Crippen LogP contribution in [0.4, 0.5) is 11.4 Å². The molecule has 23 heavy (non-hydrogen) atoms. The number of hydrogen-bond acceptors (Lipinski definition) is 4. The van der Waals surface area contributed by atoms with Gasteiger partial charge in [0.2, 0.25) is 0 Å². The topological polar surface area (TPSA) is 45.1 Å². The number of phenolic OH excluding ortho intramolecular Hbond substituents is 1. The molecular weight excluding hydrogens is 312 g/mol. The summed E-state index contributed by atoms with van der Waals surface area (Å²) in [5, 5.41) is 10.7. The minimum atomic E-state index is 0.0410. The van der Waals surface area contributed by atoms with E-state index >= 15 is 0 Å². The number of phenols is 1. The van der Waals surface area contributed by atoms with Gasteiger partial charge in [0.05, 0.1) is 18.5 Å². The number of nitrogens with zero attached hydrogens (tertiary/aromatic N) is 2. The van der Waals surface area contributed by atoms with E-state index < -0.39 is 0 Å². The maximum Gasteiger partial charge on any atom is 0.166 e. The van der Waals surface area contributed by atoms with Crippen molar-refractivity contribution in [1.29, 1.82) is 0 Å². The van der Waals surface area contributed by atoms with Gasteiger partial charge in [-0.3, -0.25) is 4.99 Å². The van der Waals surface area contributed by atoms with Gasteiger partial charge in [-0.25, -0.2) is 0 Å². The highest BCUT2D eigenvalue weighted by atomic mass is 35.5. The summed E-state index contributed by atoms with van der Waals surface area (Å²) < 4.78 is 5.12. The van der Waals surface area contributed by atoms with Gasteiger partial charge in [0.15, 0.2) is 11.5 Å². The van der Waals surface area contributed by atoms with Crippen LogP contribution in [0.25, 0.3) is 0 Å². The molecule has 0 aromatic heterocycles. The van der Waals surface area contributed by atoms with E-state index in [0.717, 1.165) is 24.5 Å². The Bertz CT molecular complexity index is 725. The van der Waals surface area contributed by atoms with Gasteiger partial charge in [-0.2, -0.15) is 0 Å². The zero-order chi connectivity index (χ0) is 16.2. The third kappa shape index (κ3) is 3.42. The first-order chi connectivity index (χ1) is 11.2. The van der Waals surface area contributed by atoms with Crippen molar-refractivity contribution >= 4 is 29.2 Å². The fourth-order valence-corrected chi connectivity index (χ4v) is 3.00. The fourth-order valence-electron chi connectivity index (χ4n) is 2.79. The minimum absolute atomic E-state index is 0.0410. The van der Waals surface area contributed by atoms with Crippen LogP contribution < -0.4 is 9.64 Å². The summed E-state index contributed by atoms with van der Waals surface area (Å²) >= 11 is 6.06. The summed E-state index contributed by atoms with van der Waals surface area (Å²) in [4.78, 5) is 6.90. The molecule has 4 nitrogen and oxygen atoms in total. The van der Waals surface area contributed by atoms with E-state index in [2.05, 4.69) is 16.0 Å². The van der Waals surface area contributed by atoms with Crippen LogP contribution in [0.2, 0.25) is 5.02 Å². The maximum absolute atomic E-state index is 10.2. The molecule has 2 aromatic carbocycles. The van der Waals surface area contributed by atoms with E-state index in [0.29, 0.717) is 16.3 Å². The molecule has 1 aliphatic rings. The van der Waals surface area contributed by atoms with Gasteiger partial charge in [-0.05, 0) is 31.0 Å². The number of anilines is 1. The second-order valence-electron chi connectivity index (χ2n) is 5.49. The monoisotopic (exact) mass is 330 g/mol. The molecule has 1 saturated heterocycles. The van der Waals surface area contributed by atoms with Crippen LogP contribution in [-0.4, -0.2) is 31.5 Å². The van der Waals surface area contributed by atoms with Crippen molar-refractivity contribution in [1.82, 2.24) is 0 Å². The molecule has 2 aromatic rings. The van der Waals surface area contributed by atoms with Crippen molar-refractivity contribution in [2.45, 2.75) is 12.8 Å². The zero-order valence-corrected chi connectivity index (χ0v) is 13.8. The molecule has 3 rings (SSSR count). The molecule has 0 saturated carbocycles. The summed E-state index contributed by atoms with van der Waals surface area (Å²) in [5.41, 5.74) is 2.54. The molecule has 1 N–H and O–H groups in total. The number of halogens is 1. The highest BCUT2D eigenvalue weighted by molar-refractivity contribution is 6.31. The van der Waals surface area contributed by atoms with Gasteiger partial charge in [-0.1, -0.05) is 23.7 Å². The highest BCUT2D eigenvalue weighted by Crippen LogP contribution is 2.34. The lowest BCUT2D eigenvalue weighted by Crippen LogP contribution is -2.17. The van der Waals surface area contributed by atoms with Gasteiger partial charge in [0, 0.05) is 36.0 Å². The Morgan fingerprint density at radius 2 is 1.96 bits per heavy atom. The average Bonchev–Trinajstić information content (AvgIpc) is 3.10. The second kappa shape index (κ2) is 6.92. The van der Waals surface area contributed by atoms with E-state index in [-0.39, 0.29) is 5.75 Å². The van der Waals surface area contributed by atoms with E-state index in [4.69, 9.17) is 16.3 Å². The van der Waals surface area contributed by atoms with Crippen LogP contribution >= 0.6 is 11.6 Å². The normalized spacial score (nSPS) is 14.6. The molecule has 1 aliphatic heterocycles. The number of rotatable bonds is 4. The van der Waals surface area contributed by atoms with Crippen LogP contribution in [0, 0.1) is 0 Å². The Hall–Kier alpha value is -2.20. The van der Waals surface area contributed by atoms with Crippen molar-refractivity contribution in [3.8, 4) is 11.5 Å². The number of hydrogen-bond donors (Lipinski definition) is 1. The van der Waals surface area contributed by atoms with Crippen molar-refractivity contribution in [3.63, 3.8) is 0 Å². The standard InChI is InChI=1S/C18H19ClN2O2/c1-23-17-11-14(19)10-13(18(17)22)12-20-15-6-2-3-7-16(15)21-8-4-5-9-21/h2-3,6-7,10-12,22H,4-5,8-9H2,1H3. The van der Waals surface area contributed by atoms with E-state index in [1.807, 2.05) is 18.2 Å². The molecule has 120 valence electrons. The van der Waals surface area contributed by atoms with Gasteiger partial charge >= 0.3 is 0 Å². The fraction of sp³-hybridized carbons (Fsp3) is 0.278. The Balaban J connectivity index is 1.93. The Labute approximate surface area is 141 Å². The SMILES string of the molecule is COc1cc(Cl)cc(C=Nc2ccccc2N2CCCC2)c1O. The van der Waals surface area contributed by atoms with Gasteiger partial charge in [-0.15, -0.1) is 0 Å². The smallest absolute Gasteiger partial charge is 0.166 e. The quantitative estimate of drug-likeness (QED) is 0.845. The number of benzene rings is 2. The Morgan fingerprint density at radius 1 is 1.22 bits per heavy atom. The van der Waals surface area contributed by atoms with Gasteiger partial charge in [0.1, 0.15) is 0 Å². The first-order valence-corrected chi connectivity index (χ1v) is 8.01. The molecule has 1 fully saturated rings. The third-order valence-electron chi connectivity index (χ3n) is 3.96. The summed E-state index contributed by atoms with van der Waals surface area (Å²) in [6.07, 6.45) is 4.05. The molecule has 0 atom stereocenters. The minimum Gasteiger partial charge on any atom is -0.504 e. The number of aliphatic imine (C=N–C) groups is 1. The van der Waals surface area contributed by atoms with E-state index in [1.165, 1.54) is 20.0 Å². The van der Waals surface area contributed by atoms with Crippen LogP contribution in [0.3, 0.4) is 0 Å². The molecule has 0 bridgehead atoms. The van der Waals surface area contributed by atoms with Crippen molar-refractivity contribution in [2.75, 3.05) is 25.1 Å². The molecule has 0 amide bonds. The van der Waals surface area contributed by atoms with Crippen molar-refractivity contribution in [2.24, 2.45) is 4.99 Å². The van der Waals surface area contributed by atoms with E-state index in [9.17, 15) is 5.11 Å². The molecule has 5 heteroatoms. The van der Waals surface area contributed by atoms with Crippen LogP contribution in [0.5, 0.6) is 11.5 Å². The molecule has 0 spiro atoms. The summed E-state index contributed by atoms with van der Waals surface area (Å²) in [6, 6.07) is 11.3. The summed E-state index contributed by atoms with van der Waals surface area (Å²) in [6.45, 7) is 2.12. The summed E-state index contributed by atoms with van der Waals surface area (Å²) in [7, 11) is 1.50. The lowest BCUT2D eigenvalue weighted by molar-refractivity contribution is 0.373. The van der Waals surface area contributed by atoms with Crippen LogP contribution in [0.15, 0.2) is 41.4 Å². The van der Waals surface area contributed by atoms with Gasteiger partial charge < -0.3 is 14.7 Å². The first-order valence-electron chi connectivity index (χ1n) is 7.63. The van der Waals surface area contributed by atoms with Crippen LogP contribution in [0.1, 0.15) is 18.4 Å². The number of methoxy groups -OCH3 is 1. The Morgan fingerprint density at radius 3 is 2.70 bits per heavy atom. The number of ether oxygens (including phenoxy) is 1. The molecule has 0 unspecified atom stereocenters. The van der Waals surface area contributed by atoms with Gasteiger partial charge in [0.25, 0.3) is 0 Å². The summed E-state index contributed by atoms with van der Waals surface area (Å²) in [5.74, 6) is 0.381. The third-order valence-corrected chi connectivity index (χ3v) is 4.18. The second-order valence-corrected chi connectivity index (χ2v) is 5.92. The van der Waals surface area contributed by atoms with E-state index in [1.54, 1.807) is 18.3 Å². The molecular formula is C18H19ClN2O2. The number of para-hydroxylation sites is 2. The average molecular weight is 331 g/mol. The largest absolute Gasteiger partial charge is 0.504 e. The maximum atomic E-state index is 10.2. The lowest BCUT2D eigenvalue weighted by atomic mass is 10.2. The predicted molar refractivity (Wildman–Crippen MR) is 94.8 cm³/mol. The molecule has 0 radical (unpaired) electrons. The molecule has 0 aliphatic carbocycles. The van der Waals surface area contributed by atoms with Crippen LogP contribution in [-0.2, 0) is 0 Å². The van der Waals surface area contributed by atoms with Crippen molar-refractivity contribution in [3.05, 3.63) is 47.0 Å². The zero-order valence-electron chi connectivity index (χ0n) is 13.0. The first kappa shape index (κ1) is 15.7. The number of aromatic hydroxyl groups is 1. The molecule has 1 heterocycles. The Kier molecular flexibility index (Phi) is 4.72. The highest BCUT2D eigenvalue weighted by Gasteiger charge is 2.15.